The van der Waals surface area contributed by atoms with Crippen LogP contribution in [0, 0.1) is 0 Å². The maximum absolute atomic E-state index is 12.6. The van der Waals surface area contributed by atoms with Crippen LogP contribution < -0.4 is 5.32 Å². The number of pyridine rings is 1. The molecule has 3 rings (SSSR count). The highest BCUT2D eigenvalue weighted by Crippen LogP contribution is 2.25. The van der Waals surface area contributed by atoms with E-state index in [0.717, 1.165) is 11.3 Å². The van der Waals surface area contributed by atoms with E-state index in [1.54, 1.807) is 24.4 Å². The molecule has 0 unspecified atom stereocenters. The van der Waals surface area contributed by atoms with Crippen molar-refractivity contribution in [2.24, 2.45) is 0 Å². The molecule has 2 aromatic carbocycles. The molecule has 0 radical (unpaired) electrons. The first kappa shape index (κ1) is 17.5. The Hall–Kier alpha value is -2.36. The molecule has 0 saturated heterocycles. The smallest absolute Gasteiger partial charge is 0.225 e. The van der Waals surface area contributed by atoms with Crippen LogP contribution in [-0.2, 0) is 11.2 Å². The summed E-state index contributed by atoms with van der Waals surface area (Å²) in [6.07, 6.45) is 1.82. The average Bonchev–Trinajstić information content (AvgIpc) is 2.64. The number of aromatic nitrogens is 1. The van der Waals surface area contributed by atoms with Gasteiger partial charge in [-0.25, -0.2) is 0 Å². The number of rotatable bonds is 5. The van der Waals surface area contributed by atoms with Gasteiger partial charge in [0.15, 0.2) is 0 Å². The van der Waals surface area contributed by atoms with E-state index in [4.69, 9.17) is 23.2 Å². The molecule has 1 amide bonds. The number of hydrogen-bond acceptors (Lipinski definition) is 2. The van der Waals surface area contributed by atoms with Crippen LogP contribution in [0.4, 0.5) is 0 Å². The van der Waals surface area contributed by atoms with Crippen molar-refractivity contribution in [2.45, 2.75) is 12.5 Å². The van der Waals surface area contributed by atoms with E-state index < -0.39 is 0 Å². The Morgan fingerprint density at radius 2 is 1.60 bits per heavy atom. The number of amides is 1. The molecule has 1 aromatic heterocycles. The van der Waals surface area contributed by atoms with Crippen LogP contribution in [0.1, 0.15) is 22.9 Å². The third-order valence-electron chi connectivity index (χ3n) is 3.82. The lowest BCUT2D eigenvalue weighted by molar-refractivity contribution is -0.121. The second-order valence-corrected chi connectivity index (χ2v) is 6.36. The van der Waals surface area contributed by atoms with Crippen LogP contribution in [0.3, 0.4) is 0 Å². The van der Waals surface area contributed by atoms with E-state index >= 15 is 0 Å². The minimum atomic E-state index is -0.337. The van der Waals surface area contributed by atoms with Gasteiger partial charge in [0.1, 0.15) is 0 Å². The first-order valence-corrected chi connectivity index (χ1v) is 8.59. The molecular formula is C20H16Cl2N2O. The Morgan fingerprint density at radius 1 is 0.920 bits per heavy atom. The molecule has 1 N–H and O–H groups in total. The predicted octanol–water partition coefficient (Wildman–Crippen LogP) is 4.84. The van der Waals surface area contributed by atoms with Gasteiger partial charge in [-0.2, -0.15) is 0 Å². The Labute approximate surface area is 156 Å². The normalized spacial score (nSPS) is 11.8. The highest BCUT2D eigenvalue weighted by molar-refractivity contribution is 6.36. The van der Waals surface area contributed by atoms with Crippen molar-refractivity contribution in [3.05, 3.63) is 99.8 Å². The monoisotopic (exact) mass is 370 g/mol. The molecule has 1 atom stereocenters. The van der Waals surface area contributed by atoms with E-state index in [1.165, 1.54) is 0 Å². The van der Waals surface area contributed by atoms with Crippen molar-refractivity contribution in [2.75, 3.05) is 0 Å². The quantitative estimate of drug-likeness (QED) is 0.698. The number of benzene rings is 2. The molecule has 1 heterocycles. The average molecular weight is 371 g/mol. The van der Waals surface area contributed by atoms with Crippen molar-refractivity contribution in [3.8, 4) is 0 Å². The predicted molar refractivity (Wildman–Crippen MR) is 101 cm³/mol. The van der Waals surface area contributed by atoms with Crippen LogP contribution in [-0.4, -0.2) is 10.9 Å². The number of hydrogen-bond donors (Lipinski definition) is 1. The first-order valence-electron chi connectivity index (χ1n) is 7.83. The fourth-order valence-corrected chi connectivity index (χ4v) is 3.13. The fourth-order valence-electron chi connectivity index (χ4n) is 2.59. The van der Waals surface area contributed by atoms with Crippen molar-refractivity contribution in [1.29, 1.82) is 0 Å². The second-order valence-electron chi connectivity index (χ2n) is 5.54. The van der Waals surface area contributed by atoms with E-state index in [1.807, 2.05) is 48.5 Å². The molecule has 0 spiro atoms. The lowest BCUT2D eigenvalue weighted by atomic mass is 10.0. The molecule has 3 nitrogen and oxygen atoms in total. The van der Waals surface area contributed by atoms with Gasteiger partial charge in [0.2, 0.25) is 5.91 Å². The lowest BCUT2D eigenvalue weighted by Gasteiger charge is -2.19. The van der Waals surface area contributed by atoms with E-state index in [0.29, 0.717) is 15.6 Å². The van der Waals surface area contributed by atoms with Crippen molar-refractivity contribution >= 4 is 29.1 Å². The summed E-state index contributed by atoms with van der Waals surface area (Å²) < 4.78 is 0. The van der Waals surface area contributed by atoms with E-state index in [2.05, 4.69) is 10.3 Å². The number of nitrogens with one attached hydrogen (secondary N) is 1. The van der Waals surface area contributed by atoms with Gasteiger partial charge in [0.25, 0.3) is 0 Å². The van der Waals surface area contributed by atoms with Gasteiger partial charge >= 0.3 is 0 Å². The molecule has 0 aliphatic carbocycles. The lowest BCUT2D eigenvalue weighted by Crippen LogP contribution is -2.31. The zero-order valence-electron chi connectivity index (χ0n) is 13.3. The molecule has 0 bridgehead atoms. The van der Waals surface area contributed by atoms with Crippen LogP contribution in [0.5, 0.6) is 0 Å². The Bertz CT molecular complexity index is 794. The molecule has 0 aliphatic rings. The first-order chi connectivity index (χ1) is 12.1. The topological polar surface area (TPSA) is 42.0 Å². The zero-order valence-corrected chi connectivity index (χ0v) is 14.8. The van der Waals surface area contributed by atoms with E-state index in [9.17, 15) is 4.79 Å². The SMILES string of the molecule is O=C(Cc1c(Cl)cccc1Cl)N[C@H](c1ccccc1)c1ccccn1. The molecule has 0 aliphatic heterocycles. The van der Waals surface area contributed by atoms with Gasteiger partial charge in [0.05, 0.1) is 18.2 Å². The standard InChI is InChI=1S/C20H16Cl2N2O/c21-16-9-6-10-17(22)15(16)13-19(25)24-20(14-7-2-1-3-8-14)18-11-4-5-12-23-18/h1-12,20H,13H2,(H,24,25)/t20-/m1/s1. The molecule has 0 saturated carbocycles. The molecular weight excluding hydrogens is 355 g/mol. The number of nitrogens with zero attached hydrogens (tertiary/aromatic N) is 1. The zero-order chi connectivity index (χ0) is 17.6. The summed E-state index contributed by atoms with van der Waals surface area (Å²) in [6, 6.07) is 20.2. The van der Waals surface area contributed by atoms with Crippen LogP contribution in [0.25, 0.3) is 0 Å². The summed E-state index contributed by atoms with van der Waals surface area (Å²) in [5.41, 5.74) is 2.35. The largest absolute Gasteiger partial charge is 0.343 e. The minimum Gasteiger partial charge on any atom is -0.343 e. The highest BCUT2D eigenvalue weighted by atomic mass is 35.5. The number of carbonyl (C=O) groups excluding carboxylic acids is 1. The summed E-state index contributed by atoms with van der Waals surface area (Å²) in [6.45, 7) is 0. The maximum Gasteiger partial charge on any atom is 0.225 e. The molecule has 126 valence electrons. The van der Waals surface area contributed by atoms with Crippen LogP contribution in [0.2, 0.25) is 10.0 Å². The van der Waals surface area contributed by atoms with Gasteiger partial charge in [-0.05, 0) is 35.4 Å². The maximum atomic E-state index is 12.6. The third-order valence-corrected chi connectivity index (χ3v) is 4.53. The van der Waals surface area contributed by atoms with Gasteiger partial charge in [-0.3, -0.25) is 9.78 Å². The third kappa shape index (κ3) is 4.38. The molecule has 5 heteroatoms. The van der Waals surface area contributed by atoms with Gasteiger partial charge in [-0.15, -0.1) is 0 Å². The minimum absolute atomic E-state index is 0.106. The van der Waals surface area contributed by atoms with Gasteiger partial charge in [0, 0.05) is 16.2 Å². The number of halogens is 2. The van der Waals surface area contributed by atoms with Crippen molar-refractivity contribution in [1.82, 2.24) is 10.3 Å². The molecule has 0 fully saturated rings. The number of carbonyl (C=O) groups is 1. The summed E-state index contributed by atoms with van der Waals surface area (Å²) in [5.74, 6) is -0.172. The van der Waals surface area contributed by atoms with Gasteiger partial charge in [-0.1, -0.05) is 65.7 Å². The Balaban J connectivity index is 1.84. The van der Waals surface area contributed by atoms with Crippen molar-refractivity contribution < 1.29 is 4.79 Å². The molecule has 25 heavy (non-hydrogen) atoms. The van der Waals surface area contributed by atoms with Crippen molar-refractivity contribution in [3.63, 3.8) is 0 Å². The summed E-state index contributed by atoms with van der Waals surface area (Å²) in [4.78, 5) is 17.0. The van der Waals surface area contributed by atoms with Crippen LogP contribution >= 0.6 is 23.2 Å². The second kappa shape index (κ2) is 8.15. The van der Waals surface area contributed by atoms with Gasteiger partial charge < -0.3 is 5.32 Å². The fraction of sp³-hybridized carbons (Fsp3) is 0.100. The Kier molecular flexibility index (Phi) is 5.69. The molecule has 3 aromatic rings. The summed E-state index contributed by atoms with van der Waals surface area (Å²) in [7, 11) is 0. The summed E-state index contributed by atoms with van der Waals surface area (Å²) in [5, 5.41) is 4.00. The van der Waals surface area contributed by atoms with Crippen LogP contribution in [0.15, 0.2) is 72.9 Å². The summed E-state index contributed by atoms with van der Waals surface area (Å²) >= 11 is 12.3. The Morgan fingerprint density at radius 3 is 2.24 bits per heavy atom. The highest BCUT2D eigenvalue weighted by Gasteiger charge is 2.19. The van der Waals surface area contributed by atoms with E-state index in [-0.39, 0.29) is 18.4 Å².